The van der Waals surface area contributed by atoms with Gasteiger partial charge in [-0.2, -0.15) is 0 Å². The Labute approximate surface area is 152 Å². The van der Waals surface area contributed by atoms with Crippen molar-refractivity contribution < 1.29 is 19.0 Å². The molecule has 2 aromatic rings. The fourth-order valence-electron chi connectivity index (χ4n) is 3.21. The molecule has 8 nitrogen and oxygen atoms in total. The zero-order valence-corrected chi connectivity index (χ0v) is 15.4. The Morgan fingerprint density at radius 3 is 2.62 bits per heavy atom. The molecule has 2 heterocycles. The summed E-state index contributed by atoms with van der Waals surface area (Å²) < 4.78 is 16.3. The molecule has 8 heteroatoms. The number of carbonyl (C=O) groups excluding carboxylic acids is 1. The average molecular weight is 360 g/mol. The molecule has 1 N–H and O–H groups in total. The van der Waals surface area contributed by atoms with Gasteiger partial charge in [0.25, 0.3) is 0 Å². The molecule has 0 atom stereocenters. The van der Waals surface area contributed by atoms with Crippen molar-refractivity contribution in [1.29, 1.82) is 0 Å². The van der Waals surface area contributed by atoms with Crippen LogP contribution in [0.1, 0.15) is 19.3 Å². The number of amides is 1. The summed E-state index contributed by atoms with van der Waals surface area (Å²) in [5.74, 6) is 2.42. The molecule has 0 saturated carbocycles. The van der Waals surface area contributed by atoms with E-state index in [1.807, 2.05) is 11.0 Å². The Morgan fingerprint density at radius 2 is 1.92 bits per heavy atom. The fourth-order valence-corrected chi connectivity index (χ4v) is 3.21. The van der Waals surface area contributed by atoms with Crippen molar-refractivity contribution in [3.8, 4) is 17.2 Å². The van der Waals surface area contributed by atoms with Gasteiger partial charge in [0.1, 0.15) is 17.7 Å². The normalized spacial score (nSPS) is 14.4. The predicted octanol–water partition coefficient (Wildman–Crippen LogP) is 2.08. The van der Waals surface area contributed by atoms with Crippen LogP contribution in [0.4, 0.5) is 5.82 Å². The SMILES string of the molecule is COc1cc2c(NCCN3CCCCC3=O)ncnc2c(OC)c1OC. The molecular formula is C18H24N4O4. The van der Waals surface area contributed by atoms with Crippen LogP contribution in [0.2, 0.25) is 0 Å². The Hall–Kier alpha value is -2.77. The number of rotatable bonds is 7. The number of likely N-dealkylation sites (tertiary alicyclic amines) is 1. The first-order valence-electron chi connectivity index (χ1n) is 8.65. The van der Waals surface area contributed by atoms with Crippen LogP contribution >= 0.6 is 0 Å². The predicted molar refractivity (Wildman–Crippen MR) is 98.1 cm³/mol. The maximum absolute atomic E-state index is 11.9. The lowest BCUT2D eigenvalue weighted by Crippen LogP contribution is -2.38. The molecule has 0 radical (unpaired) electrons. The third kappa shape index (κ3) is 3.44. The molecule has 1 saturated heterocycles. The van der Waals surface area contributed by atoms with Crippen LogP contribution in [0.25, 0.3) is 10.9 Å². The van der Waals surface area contributed by atoms with E-state index in [1.54, 1.807) is 21.3 Å². The van der Waals surface area contributed by atoms with Crippen LogP contribution in [0.3, 0.4) is 0 Å². The summed E-state index contributed by atoms with van der Waals surface area (Å²) >= 11 is 0. The summed E-state index contributed by atoms with van der Waals surface area (Å²) in [4.78, 5) is 22.5. The van der Waals surface area contributed by atoms with E-state index in [4.69, 9.17) is 14.2 Å². The highest BCUT2D eigenvalue weighted by Crippen LogP contribution is 2.43. The van der Waals surface area contributed by atoms with Crippen molar-refractivity contribution in [2.75, 3.05) is 46.3 Å². The maximum Gasteiger partial charge on any atom is 0.222 e. The lowest BCUT2D eigenvalue weighted by Gasteiger charge is -2.26. The third-order valence-electron chi connectivity index (χ3n) is 4.53. The maximum atomic E-state index is 11.9. The van der Waals surface area contributed by atoms with Crippen molar-refractivity contribution >= 4 is 22.6 Å². The number of hydrogen-bond acceptors (Lipinski definition) is 7. The van der Waals surface area contributed by atoms with Crippen LogP contribution in [0.15, 0.2) is 12.4 Å². The lowest BCUT2D eigenvalue weighted by atomic mass is 10.1. The van der Waals surface area contributed by atoms with Crippen LogP contribution < -0.4 is 19.5 Å². The van der Waals surface area contributed by atoms with Crippen molar-refractivity contribution in [3.63, 3.8) is 0 Å². The Morgan fingerprint density at radius 1 is 1.12 bits per heavy atom. The zero-order valence-electron chi connectivity index (χ0n) is 15.4. The van der Waals surface area contributed by atoms with Crippen LogP contribution in [0, 0.1) is 0 Å². The van der Waals surface area contributed by atoms with Crippen LogP contribution in [-0.4, -0.2) is 61.7 Å². The van der Waals surface area contributed by atoms with Gasteiger partial charge in [-0.15, -0.1) is 0 Å². The molecule has 1 aromatic heterocycles. The van der Waals surface area contributed by atoms with Gasteiger partial charge < -0.3 is 24.4 Å². The van der Waals surface area contributed by atoms with E-state index < -0.39 is 0 Å². The molecule has 1 aliphatic heterocycles. The van der Waals surface area contributed by atoms with E-state index in [0.717, 1.165) is 24.8 Å². The molecule has 140 valence electrons. The highest BCUT2D eigenvalue weighted by Gasteiger charge is 2.20. The van der Waals surface area contributed by atoms with Crippen molar-refractivity contribution in [2.24, 2.45) is 0 Å². The number of ether oxygens (including phenoxy) is 3. The second-order valence-corrected chi connectivity index (χ2v) is 6.03. The van der Waals surface area contributed by atoms with Gasteiger partial charge in [-0.3, -0.25) is 4.79 Å². The highest BCUT2D eigenvalue weighted by molar-refractivity contribution is 5.96. The number of anilines is 1. The molecule has 1 amide bonds. The topological polar surface area (TPSA) is 85.8 Å². The van der Waals surface area contributed by atoms with Gasteiger partial charge >= 0.3 is 0 Å². The summed E-state index contributed by atoms with van der Waals surface area (Å²) in [6.07, 6.45) is 4.17. The summed E-state index contributed by atoms with van der Waals surface area (Å²) in [7, 11) is 4.69. The number of fused-ring (bicyclic) bond motifs is 1. The van der Waals surface area contributed by atoms with E-state index in [1.165, 1.54) is 6.33 Å². The molecule has 1 fully saturated rings. The number of carbonyl (C=O) groups is 1. The number of nitrogens with zero attached hydrogens (tertiary/aromatic N) is 3. The van der Waals surface area contributed by atoms with Crippen LogP contribution in [-0.2, 0) is 4.79 Å². The average Bonchev–Trinajstić information content (AvgIpc) is 2.67. The van der Waals surface area contributed by atoms with Gasteiger partial charge in [-0.25, -0.2) is 9.97 Å². The van der Waals surface area contributed by atoms with E-state index in [-0.39, 0.29) is 5.91 Å². The molecule has 0 aliphatic carbocycles. The Balaban J connectivity index is 1.85. The van der Waals surface area contributed by atoms with Gasteiger partial charge in [-0.1, -0.05) is 0 Å². The standard InChI is InChI=1S/C18H24N4O4/c1-24-13-10-12-15(17(26-3)16(13)25-2)20-11-21-18(12)19-7-9-22-8-5-4-6-14(22)23/h10-11H,4-9H2,1-3H3,(H,19,20,21). The molecule has 3 rings (SSSR count). The Bertz CT molecular complexity index is 796. The smallest absolute Gasteiger partial charge is 0.222 e. The molecule has 0 bridgehead atoms. The quantitative estimate of drug-likeness (QED) is 0.809. The van der Waals surface area contributed by atoms with E-state index in [9.17, 15) is 4.79 Å². The molecule has 26 heavy (non-hydrogen) atoms. The van der Waals surface area contributed by atoms with Gasteiger partial charge in [0.15, 0.2) is 11.5 Å². The highest BCUT2D eigenvalue weighted by atomic mass is 16.5. The number of benzene rings is 1. The molecule has 1 aromatic carbocycles. The first-order chi connectivity index (χ1) is 12.7. The van der Waals surface area contributed by atoms with Crippen molar-refractivity contribution in [2.45, 2.75) is 19.3 Å². The molecule has 1 aliphatic rings. The third-order valence-corrected chi connectivity index (χ3v) is 4.53. The summed E-state index contributed by atoms with van der Waals surface area (Å²) in [5.41, 5.74) is 0.636. The minimum Gasteiger partial charge on any atom is -0.493 e. The van der Waals surface area contributed by atoms with Crippen molar-refractivity contribution in [1.82, 2.24) is 14.9 Å². The number of methoxy groups -OCH3 is 3. The number of nitrogens with one attached hydrogen (secondary N) is 1. The Kier molecular flexibility index (Phi) is 5.60. The second kappa shape index (κ2) is 8.07. The minimum atomic E-state index is 0.221. The van der Waals surface area contributed by atoms with Gasteiger partial charge in [-0.05, 0) is 18.9 Å². The first-order valence-corrected chi connectivity index (χ1v) is 8.65. The van der Waals surface area contributed by atoms with E-state index in [0.29, 0.717) is 48.1 Å². The van der Waals surface area contributed by atoms with Crippen LogP contribution in [0.5, 0.6) is 17.2 Å². The number of aromatic nitrogens is 2. The van der Waals surface area contributed by atoms with Crippen molar-refractivity contribution in [3.05, 3.63) is 12.4 Å². The van der Waals surface area contributed by atoms with Gasteiger partial charge in [0, 0.05) is 26.1 Å². The lowest BCUT2D eigenvalue weighted by molar-refractivity contribution is -0.133. The zero-order chi connectivity index (χ0) is 18.5. The van der Waals surface area contributed by atoms with Gasteiger partial charge in [0.05, 0.1) is 26.7 Å². The number of hydrogen-bond donors (Lipinski definition) is 1. The fraction of sp³-hybridized carbons (Fsp3) is 0.500. The minimum absolute atomic E-state index is 0.221. The largest absolute Gasteiger partial charge is 0.493 e. The number of piperidine rings is 1. The van der Waals surface area contributed by atoms with Gasteiger partial charge in [0.2, 0.25) is 11.7 Å². The molecule has 0 spiro atoms. The van der Waals surface area contributed by atoms with E-state index >= 15 is 0 Å². The summed E-state index contributed by atoms with van der Waals surface area (Å²) in [5, 5.41) is 4.07. The molecule has 0 unspecified atom stereocenters. The second-order valence-electron chi connectivity index (χ2n) is 6.03. The summed E-state index contributed by atoms with van der Waals surface area (Å²) in [6.45, 7) is 2.08. The van der Waals surface area contributed by atoms with E-state index in [2.05, 4.69) is 15.3 Å². The molecular weight excluding hydrogens is 336 g/mol. The summed E-state index contributed by atoms with van der Waals surface area (Å²) in [6, 6.07) is 1.82. The monoisotopic (exact) mass is 360 g/mol. The first kappa shape index (κ1) is 18.0.